The quantitative estimate of drug-likeness (QED) is 0.466. The molecular weight excluding hydrogens is 242 g/mol. The first-order valence-corrected chi connectivity index (χ1v) is 6.61. The van der Waals surface area contributed by atoms with E-state index in [2.05, 4.69) is 17.4 Å². The number of nitrogens with two attached hydrogens (primary N) is 1. The van der Waals surface area contributed by atoms with Crippen molar-refractivity contribution in [3.05, 3.63) is 29.8 Å². The SMILES string of the molecule is CN1CCC[C@H]1COc1ccccc1CC(=O)NN. The predicted molar refractivity (Wildman–Crippen MR) is 73.6 cm³/mol. The Morgan fingerprint density at radius 1 is 1.53 bits per heavy atom. The number of carbonyl (C=O) groups excluding carboxylic acids is 1. The third-order valence-electron chi connectivity index (χ3n) is 3.59. The summed E-state index contributed by atoms with van der Waals surface area (Å²) in [5.74, 6) is 5.67. The Morgan fingerprint density at radius 3 is 3.00 bits per heavy atom. The number of hydrazine groups is 1. The van der Waals surface area contributed by atoms with E-state index in [-0.39, 0.29) is 12.3 Å². The van der Waals surface area contributed by atoms with Crippen molar-refractivity contribution in [1.82, 2.24) is 10.3 Å². The van der Waals surface area contributed by atoms with Gasteiger partial charge in [-0.1, -0.05) is 18.2 Å². The average Bonchev–Trinajstić information content (AvgIpc) is 2.83. The highest BCUT2D eigenvalue weighted by atomic mass is 16.5. The van der Waals surface area contributed by atoms with Crippen LogP contribution in [0.15, 0.2) is 24.3 Å². The second-order valence-electron chi connectivity index (χ2n) is 4.94. The first-order valence-electron chi connectivity index (χ1n) is 6.61. The van der Waals surface area contributed by atoms with Crippen molar-refractivity contribution in [2.24, 2.45) is 5.84 Å². The maximum Gasteiger partial charge on any atom is 0.238 e. The predicted octanol–water partition coefficient (Wildman–Crippen LogP) is 0.692. The van der Waals surface area contributed by atoms with Crippen LogP contribution in [0.1, 0.15) is 18.4 Å². The Kier molecular flexibility index (Phi) is 4.76. The standard InChI is InChI=1S/C14H21N3O2/c1-17-8-4-6-12(17)10-19-13-7-3-2-5-11(13)9-14(18)16-15/h2-3,5,7,12H,4,6,8-10,15H2,1H3,(H,16,18)/t12-/m0/s1. The molecule has 5 heteroatoms. The Labute approximate surface area is 113 Å². The van der Waals surface area contributed by atoms with Crippen molar-refractivity contribution < 1.29 is 9.53 Å². The molecule has 0 bridgehead atoms. The number of carbonyl (C=O) groups is 1. The first-order chi connectivity index (χ1) is 9.20. The number of likely N-dealkylation sites (N-methyl/N-ethyl adjacent to an activating group) is 1. The van der Waals surface area contributed by atoms with Gasteiger partial charge in [0.15, 0.2) is 0 Å². The number of hydrogen-bond acceptors (Lipinski definition) is 4. The van der Waals surface area contributed by atoms with Crippen LogP contribution in [0.2, 0.25) is 0 Å². The topological polar surface area (TPSA) is 67.6 Å². The van der Waals surface area contributed by atoms with Crippen LogP contribution in [0, 0.1) is 0 Å². The van der Waals surface area contributed by atoms with Crippen LogP contribution in [-0.2, 0) is 11.2 Å². The van der Waals surface area contributed by atoms with E-state index in [0.717, 1.165) is 17.9 Å². The molecule has 0 aliphatic carbocycles. The maximum absolute atomic E-state index is 11.3. The molecule has 19 heavy (non-hydrogen) atoms. The van der Waals surface area contributed by atoms with Crippen molar-refractivity contribution >= 4 is 5.91 Å². The van der Waals surface area contributed by atoms with Crippen LogP contribution >= 0.6 is 0 Å². The molecule has 1 saturated heterocycles. The minimum absolute atomic E-state index is 0.214. The summed E-state index contributed by atoms with van der Waals surface area (Å²) in [4.78, 5) is 13.7. The van der Waals surface area contributed by atoms with Gasteiger partial charge in [0, 0.05) is 11.6 Å². The molecule has 1 aliphatic heterocycles. The summed E-state index contributed by atoms with van der Waals surface area (Å²) in [6.07, 6.45) is 2.64. The van der Waals surface area contributed by atoms with Crippen molar-refractivity contribution in [2.45, 2.75) is 25.3 Å². The van der Waals surface area contributed by atoms with Crippen LogP contribution < -0.4 is 16.0 Å². The lowest BCUT2D eigenvalue weighted by atomic mass is 10.1. The molecule has 1 aromatic rings. The molecule has 1 aliphatic rings. The Bertz CT molecular complexity index is 436. The van der Waals surface area contributed by atoms with Gasteiger partial charge in [-0.25, -0.2) is 5.84 Å². The van der Waals surface area contributed by atoms with Crippen LogP contribution in [0.5, 0.6) is 5.75 Å². The molecule has 2 rings (SSSR count). The number of hydrogen-bond donors (Lipinski definition) is 2. The van der Waals surface area contributed by atoms with Gasteiger partial charge in [-0.2, -0.15) is 0 Å². The van der Waals surface area contributed by atoms with E-state index in [9.17, 15) is 4.79 Å². The molecule has 0 spiro atoms. The number of nitrogens with zero attached hydrogens (tertiary/aromatic N) is 1. The maximum atomic E-state index is 11.3. The molecule has 1 amide bonds. The molecule has 1 atom stereocenters. The lowest BCUT2D eigenvalue weighted by molar-refractivity contribution is -0.120. The zero-order chi connectivity index (χ0) is 13.7. The molecule has 5 nitrogen and oxygen atoms in total. The Hall–Kier alpha value is -1.59. The summed E-state index contributed by atoms with van der Waals surface area (Å²) in [7, 11) is 2.12. The van der Waals surface area contributed by atoms with Gasteiger partial charge < -0.3 is 9.64 Å². The third-order valence-corrected chi connectivity index (χ3v) is 3.59. The number of rotatable bonds is 5. The highest BCUT2D eigenvalue weighted by Gasteiger charge is 2.21. The first kappa shape index (κ1) is 13.8. The van der Waals surface area contributed by atoms with Gasteiger partial charge in [0.1, 0.15) is 12.4 Å². The summed E-state index contributed by atoms with van der Waals surface area (Å²) in [5, 5.41) is 0. The lowest BCUT2D eigenvalue weighted by Gasteiger charge is -2.20. The van der Waals surface area contributed by atoms with Crippen molar-refractivity contribution in [2.75, 3.05) is 20.2 Å². The summed E-state index contributed by atoms with van der Waals surface area (Å²) in [6.45, 7) is 1.79. The number of nitrogens with one attached hydrogen (secondary N) is 1. The molecule has 0 radical (unpaired) electrons. The molecule has 0 saturated carbocycles. The smallest absolute Gasteiger partial charge is 0.238 e. The molecule has 104 valence electrons. The van der Waals surface area contributed by atoms with Gasteiger partial charge in [0.2, 0.25) is 5.91 Å². The molecule has 1 fully saturated rings. The summed E-state index contributed by atoms with van der Waals surface area (Å²) in [6, 6.07) is 8.07. The van der Waals surface area contributed by atoms with Gasteiger partial charge in [0.25, 0.3) is 0 Å². The van der Waals surface area contributed by atoms with E-state index in [0.29, 0.717) is 12.6 Å². The van der Waals surface area contributed by atoms with E-state index in [1.54, 1.807) is 0 Å². The van der Waals surface area contributed by atoms with Gasteiger partial charge in [-0.3, -0.25) is 10.2 Å². The van der Waals surface area contributed by atoms with Gasteiger partial charge in [0.05, 0.1) is 6.42 Å². The number of amides is 1. The van der Waals surface area contributed by atoms with Crippen molar-refractivity contribution in [3.63, 3.8) is 0 Å². The number of para-hydroxylation sites is 1. The van der Waals surface area contributed by atoms with Crippen LogP contribution in [0.3, 0.4) is 0 Å². The Balaban J connectivity index is 1.97. The second kappa shape index (κ2) is 6.54. The highest BCUT2D eigenvalue weighted by Crippen LogP contribution is 2.21. The highest BCUT2D eigenvalue weighted by molar-refractivity contribution is 5.78. The summed E-state index contributed by atoms with van der Waals surface area (Å²) in [5.41, 5.74) is 3.01. The van der Waals surface area contributed by atoms with Crippen LogP contribution in [0.25, 0.3) is 0 Å². The van der Waals surface area contributed by atoms with E-state index < -0.39 is 0 Å². The van der Waals surface area contributed by atoms with E-state index >= 15 is 0 Å². The normalized spacial score (nSPS) is 19.4. The molecule has 3 N–H and O–H groups in total. The minimum Gasteiger partial charge on any atom is -0.492 e. The molecule has 0 unspecified atom stereocenters. The van der Waals surface area contributed by atoms with Gasteiger partial charge >= 0.3 is 0 Å². The van der Waals surface area contributed by atoms with Crippen molar-refractivity contribution in [1.29, 1.82) is 0 Å². The minimum atomic E-state index is -0.214. The van der Waals surface area contributed by atoms with E-state index in [4.69, 9.17) is 10.6 Å². The molecular formula is C14H21N3O2. The molecule has 1 aromatic carbocycles. The van der Waals surface area contributed by atoms with Gasteiger partial charge in [-0.15, -0.1) is 0 Å². The van der Waals surface area contributed by atoms with Gasteiger partial charge in [-0.05, 0) is 32.5 Å². The summed E-state index contributed by atoms with van der Waals surface area (Å²) >= 11 is 0. The fourth-order valence-electron chi connectivity index (χ4n) is 2.39. The monoisotopic (exact) mass is 263 g/mol. The van der Waals surface area contributed by atoms with Crippen molar-refractivity contribution in [3.8, 4) is 5.75 Å². The number of benzene rings is 1. The third kappa shape index (κ3) is 3.68. The lowest BCUT2D eigenvalue weighted by Crippen LogP contribution is -2.32. The van der Waals surface area contributed by atoms with Crippen LogP contribution in [0.4, 0.5) is 0 Å². The number of ether oxygens (including phenoxy) is 1. The zero-order valence-electron chi connectivity index (χ0n) is 11.3. The zero-order valence-corrected chi connectivity index (χ0v) is 11.3. The number of likely N-dealkylation sites (tertiary alicyclic amines) is 1. The molecule has 1 heterocycles. The fraction of sp³-hybridized carbons (Fsp3) is 0.500. The Morgan fingerprint density at radius 2 is 2.32 bits per heavy atom. The van der Waals surface area contributed by atoms with Crippen LogP contribution in [-0.4, -0.2) is 37.0 Å². The summed E-state index contributed by atoms with van der Waals surface area (Å²) < 4.78 is 5.87. The fourth-order valence-corrected chi connectivity index (χ4v) is 2.39. The van der Waals surface area contributed by atoms with E-state index in [1.165, 1.54) is 12.8 Å². The van der Waals surface area contributed by atoms with E-state index in [1.807, 2.05) is 24.3 Å². The average molecular weight is 263 g/mol. The second-order valence-corrected chi connectivity index (χ2v) is 4.94. The largest absolute Gasteiger partial charge is 0.492 e. The molecule has 0 aromatic heterocycles.